The summed E-state index contributed by atoms with van der Waals surface area (Å²) in [4.78, 5) is 24.4. The predicted molar refractivity (Wildman–Crippen MR) is 106 cm³/mol. The summed E-state index contributed by atoms with van der Waals surface area (Å²) in [7, 11) is 0. The standard InChI is InChI=1S/C19H16N4O4S/c1-2-27-15-9-7-13(8-10-15)22-17(21-18(24)16(11-20)19(22)28)12-3-5-14(6-4-12)23(25)26/h3-10,17,28H,2H2,1H3,(H,21,24). The Bertz CT molecular complexity index is 980. The number of anilines is 1. The number of benzene rings is 2. The summed E-state index contributed by atoms with van der Waals surface area (Å²) in [6, 6.07) is 14.8. The molecular weight excluding hydrogens is 380 g/mol. The molecule has 1 N–H and O–H groups in total. The van der Waals surface area contributed by atoms with Gasteiger partial charge in [-0.15, -0.1) is 12.6 Å². The van der Waals surface area contributed by atoms with Gasteiger partial charge in [-0.3, -0.25) is 14.9 Å². The number of carbonyl (C=O) groups is 1. The van der Waals surface area contributed by atoms with Crippen molar-refractivity contribution in [1.29, 1.82) is 5.26 Å². The Morgan fingerprint density at radius 3 is 2.43 bits per heavy atom. The van der Waals surface area contributed by atoms with Gasteiger partial charge >= 0.3 is 0 Å². The molecule has 1 heterocycles. The molecular formula is C19H16N4O4S. The highest BCUT2D eigenvalue weighted by Gasteiger charge is 2.34. The third kappa shape index (κ3) is 3.63. The second-order valence-electron chi connectivity index (χ2n) is 5.83. The van der Waals surface area contributed by atoms with E-state index in [4.69, 9.17) is 4.74 Å². The number of nitro groups is 1. The smallest absolute Gasteiger partial charge is 0.269 e. The van der Waals surface area contributed by atoms with E-state index in [9.17, 15) is 20.2 Å². The van der Waals surface area contributed by atoms with E-state index in [-0.39, 0.29) is 16.3 Å². The number of ether oxygens (including phenoxy) is 1. The molecule has 0 saturated heterocycles. The second-order valence-corrected chi connectivity index (χ2v) is 6.26. The van der Waals surface area contributed by atoms with Gasteiger partial charge < -0.3 is 15.0 Å². The molecule has 1 aliphatic heterocycles. The maximum absolute atomic E-state index is 12.3. The molecule has 9 heteroatoms. The second kappa shape index (κ2) is 8.02. The monoisotopic (exact) mass is 396 g/mol. The van der Waals surface area contributed by atoms with E-state index in [0.29, 0.717) is 23.6 Å². The maximum atomic E-state index is 12.3. The van der Waals surface area contributed by atoms with Crippen LogP contribution >= 0.6 is 12.6 Å². The van der Waals surface area contributed by atoms with Crippen LogP contribution in [0, 0.1) is 21.4 Å². The number of nitrogens with zero attached hydrogens (tertiary/aromatic N) is 3. The van der Waals surface area contributed by atoms with Crippen molar-refractivity contribution in [2.24, 2.45) is 0 Å². The van der Waals surface area contributed by atoms with Crippen LogP contribution in [0.25, 0.3) is 0 Å². The number of hydrogen-bond acceptors (Lipinski definition) is 7. The van der Waals surface area contributed by atoms with E-state index in [2.05, 4.69) is 17.9 Å². The van der Waals surface area contributed by atoms with Crippen LogP contribution in [0.5, 0.6) is 5.75 Å². The van der Waals surface area contributed by atoms with Crippen LogP contribution < -0.4 is 15.0 Å². The first-order valence-corrected chi connectivity index (χ1v) is 8.81. The van der Waals surface area contributed by atoms with Crippen LogP contribution in [-0.2, 0) is 4.79 Å². The minimum absolute atomic E-state index is 0.0575. The van der Waals surface area contributed by atoms with E-state index >= 15 is 0 Å². The molecule has 1 unspecified atom stereocenters. The lowest BCUT2D eigenvalue weighted by atomic mass is 10.1. The van der Waals surface area contributed by atoms with Gasteiger partial charge in [0.05, 0.1) is 16.6 Å². The normalized spacial score (nSPS) is 16.4. The molecule has 8 nitrogen and oxygen atoms in total. The summed E-state index contributed by atoms with van der Waals surface area (Å²) in [5, 5.41) is 23.2. The largest absolute Gasteiger partial charge is 0.494 e. The molecule has 0 radical (unpaired) electrons. The quantitative estimate of drug-likeness (QED) is 0.456. The minimum atomic E-state index is -0.684. The SMILES string of the molecule is CCOc1ccc(N2C(S)=C(C#N)C(=O)NC2c2ccc([N+](=O)[O-])cc2)cc1. The first kappa shape index (κ1) is 19.3. The van der Waals surface area contributed by atoms with Crippen molar-refractivity contribution in [1.82, 2.24) is 5.32 Å². The zero-order valence-corrected chi connectivity index (χ0v) is 15.7. The number of hydrogen-bond donors (Lipinski definition) is 2. The number of rotatable bonds is 5. The fourth-order valence-corrected chi connectivity index (χ4v) is 3.24. The number of amides is 1. The summed E-state index contributed by atoms with van der Waals surface area (Å²) < 4.78 is 5.45. The van der Waals surface area contributed by atoms with Gasteiger partial charge in [-0.05, 0) is 48.9 Å². The van der Waals surface area contributed by atoms with Crippen molar-refractivity contribution in [3.63, 3.8) is 0 Å². The van der Waals surface area contributed by atoms with Crippen LogP contribution in [-0.4, -0.2) is 17.4 Å². The Morgan fingerprint density at radius 2 is 1.89 bits per heavy atom. The van der Waals surface area contributed by atoms with Crippen molar-refractivity contribution in [3.8, 4) is 11.8 Å². The fourth-order valence-electron chi connectivity index (χ4n) is 2.86. The van der Waals surface area contributed by atoms with Gasteiger partial charge in [-0.2, -0.15) is 5.26 Å². The zero-order chi connectivity index (χ0) is 20.3. The number of thiol groups is 1. The van der Waals surface area contributed by atoms with Gasteiger partial charge in [0.1, 0.15) is 23.6 Å². The highest BCUT2D eigenvalue weighted by atomic mass is 32.1. The summed E-state index contributed by atoms with van der Waals surface area (Å²) in [5.74, 6) is 0.127. The number of carbonyl (C=O) groups excluding carboxylic acids is 1. The summed E-state index contributed by atoms with van der Waals surface area (Å²) in [5.41, 5.74) is 1.11. The summed E-state index contributed by atoms with van der Waals surface area (Å²) in [6.45, 7) is 2.41. The van der Waals surface area contributed by atoms with E-state index in [1.807, 2.05) is 13.0 Å². The molecule has 142 valence electrons. The van der Waals surface area contributed by atoms with Gasteiger partial charge in [0.25, 0.3) is 11.6 Å². The Morgan fingerprint density at radius 1 is 1.25 bits per heavy atom. The van der Waals surface area contributed by atoms with Crippen LogP contribution in [0.3, 0.4) is 0 Å². The summed E-state index contributed by atoms with van der Waals surface area (Å²) in [6.07, 6.45) is -0.684. The molecule has 1 aliphatic rings. The van der Waals surface area contributed by atoms with E-state index in [0.717, 1.165) is 0 Å². The minimum Gasteiger partial charge on any atom is -0.494 e. The average Bonchev–Trinajstić information content (AvgIpc) is 2.69. The van der Waals surface area contributed by atoms with Crippen molar-refractivity contribution in [2.45, 2.75) is 13.1 Å². The van der Waals surface area contributed by atoms with Crippen molar-refractivity contribution >= 4 is 29.9 Å². The summed E-state index contributed by atoms with van der Waals surface area (Å²) >= 11 is 4.41. The number of non-ortho nitro benzene ring substituents is 1. The van der Waals surface area contributed by atoms with Crippen molar-refractivity contribution in [3.05, 3.63) is 74.8 Å². The highest BCUT2D eigenvalue weighted by molar-refractivity contribution is 7.84. The molecule has 0 bridgehead atoms. The lowest BCUT2D eigenvalue weighted by Gasteiger charge is -2.38. The van der Waals surface area contributed by atoms with Crippen LogP contribution in [0.15, 0.2) is 59.1 Å². The zero-order valence-electron chi connectivity index (χ0n) is 14.8. The first-order chi connectivity index (χ1) is 13.5. The molecule has 1 amide bonds. The van der Waals surface area contributed by atoms with Gasteiger partial charge in [0.15, 0.2) is 0 Å². The topological polar surface area (TPSA) is 108 Å². The number of nitriles is 1. The first-order valence-electron chi connectivity index (χ1n) is 8.37. The van der Waals surface area contributed by atoms with Gasteiger partial charge in [0.2, 0.25) is 0 Å². The lowest BCUT2D eigenvalue weighted by Crippen LogP contribution is -2.46. The molecule has 2 aromatic carbocycles. The molecule has 0 spiro atoms. The average molecular weight is 396 g/mol. The van der Waals surface area contributed by atoms with E-state index < -0.39 is 17.0 Å². The third-order valence-corrected chi connectivity index (χ3v) is 4.60. The van der Waals surface area contributed by atoms with Crippen LogP contribution in [0.2, 0.25) is 0 Å². The molecule has 0 fully saturated rings. The van der Waals surface area contributed by atoms with Gasteiger partial charge in [0, 0.05) is 17.8 Å². The van der Waals surface area contributed by atoms with Crippen molar-refractivity contribution < 1.29 is 14.5 Å². The van der Waals surface area contributed by atoms with Gasteiger partial charge in [-0.25, -0.2) is 0 Å². The Hall–Kier alpha value is -3.51. The van der Waals surface area contributed by atoms with E-state index in [1.165, 1.54) is 12.1 Å². The number of nitrogens with one attached hydrogen (secondary N) is 1. The molecule has 0 aliphatic carbocycles. The fraction of sp³-hybridized carbons (Fsp3) is 0.158. The van der Waals surface area contributed by atoms with Crippen LogP contribution in [0.1, 0.15) is 18.7 Å². The van der Waals surface area contributed by atoms with E-state index in [1.54, 1.807) is 41.3 Å². The molecule has 1 atom stereocenters. The number of nitro benzene ring substituents is 1. The van der Waals surface area contributed by atoms with Crippen molar-refractivity contribution in [2.75, 3.05) is 11.5 Å². The Balaban J connectivity index is 2.06. The third-order valence-electron chi connectivity index (χ3n) is 4.16. The lowest BCUT2D eigenvalue weighted by molar-refractivity contribution is -0.384. The maximum Gasteiger partial charge on any atom is 0.269 e. The molecule has 3 rings (SSSR count). The predicted octanol–water partition coefficient (Wildman–Crippen LogP) is 3.29. The highest BCUT2D eigenvalue weighted by Crippen LogP contribution is 2.36. The molecule has 2 aromatic rings. The molecule has 0 aromatic heterocycles. The molecule has 0 saturated carbocycles. The van der Waals surface area contributed by atoms with Gasteiger partial charge in [-0.1, -0.05) is 0 Å². The van der Waals surface area contributed by atoms with Crippen LogP contribution in [0.4, 0.5) is 11.4 Å². The molecule has 28 heavy (non-hydrogen) atoms. The Kier molecular flexibility index (Phi) is 5.52. The Labute approximate surface area is 166 Å².